The molecule has 0 saturated carbocycles. The summed E-state index contributed by atoms with van der Waals surface area (Å²) in [6.45, 7) is 0.149. The van der Waals surface area contributed by atoms with Crippen molar-refractivity contribution >= 4 is 31.5 Å². The van der Waals surface area contributed by atoms with E-state index in [0.29, 0.717) is 24.0 Å². The van der Waals surface area contributed by atoms with Crippen LogP contribution in [-0.2, 0) is 24.7 Å². The van der Waals surface area contributed by atoms with E-state index in [1.165, 1.54) is 46.8 Å². The highest BCUT2D eigenvalue weighted by Gasteiger charge is 2.34. The van der Waals surface area contributed by atoms with Crippen LogP contribution in [-0.4, -0.2) is 52.8 Å². The summed E-state index contributed by atoms with van der Waals surface area (Å²) < 4.78 is 93.0. The molecule has 1 heterocycles. The van der Waals surface area contributed by atoms with E-state index in [4.69, 9.17) is 0 Å². The maximum Gasteiger partial charge on any atom is 0.573 e. The number of rotatable bonds is 7. The Labute approximate surface area is 224 Å². The molecule has 1 amide bonds. The lowest BCUT2D eigenvalue weighted by molar-refractivity contribution is -0.274. The number of nitrogens with zero attached hydrogens (tertiary/aromatic N) is 1. The van der Waals surface area contributed by atoms with Gasteiger partial charge in [-0.05, 0) is 60.9 Å². The van der Waals surface area contributed by atoms with Gasteiger partial charge in [0.15, 0.2) is 9.84 Å². The molecule has 3 aromatic rings. The molecule has 3 aromatic carbocycles. The van der Waals surface area contributed by atoms with E-state index in [0.717, 1.165) is 18.4 Å². The van der Waals surface area contributed by atoms with Crippen LogP contribution in [0.3, 0.4) is 0 Å². The number of amides is 1. The van der Waals surface area contributed by atoms with Gasteiger partial charge >= 0.3 is 6.36 Å². The van der Waals surface area contributed by atoms with Crippen molar-refractivity contribution in [3.8, 4) is 16.9 Å². The summed E-state index contributed by atoms with van der Waals surface area (Å²) in [5, 5.41) is 2.61. The lowest BCUT2D eigenvalue weighted by atomic mass is 9.99. The lowest BCUT2D eigenvalue weighted by Gasteiger charge is -2.31. The van der Waals surface area contributed by atoms with Crippen LogP contribution in [0.25, 0.3) is 11.1 Å². The van der Waals surface area contributed by atoms with Crippen LogP contribution in [0.15, 0.2) is 82.6 Å². The second kappa shape index (κ2) is 11.0. The first-order chi connectivity index (χ1) is 18.2. The monoisotopic (exact) mass is 582 g/mol. The minimum absolute atomic E-state index is 0.00407. The van der Waals surface area contributed by atoms with Crippen LogP contribution in [0.4, 0.5) is 18.9 Å². The number of anilines is 1. The quantitative estimate of drug-likeness (QED) is 0.433. The van der Waals surface area contributed by atoms with Gasteiger partial charge in [0.1, 0.15) is 5.75 Å². The minimum Gasteiger partial charge on any atom is -0.406 e. The topological polar surface area (TPSA) is 110 Å². The van der Waals surface area contributed by atoms with Crippen molar-refractivity contribution in [1.82, 2.24) is 4.31 Å². The van der Waals surface area contributed by atoms with E-state index in [1.54, 1.807) is 18.2 Å². The van der Waals surface area contributed by atoms with Gasteiger partial charge in [0.25, 0.3) is 0 Å². The van der Waals surface area contributed by atoms with Crippen molar-refractivity contribution in [2.45, 2.75) is 29.0 Å². The van der Waals surface area contributed by atoms with E-state index in [1.807, 2.05) is 0 Å². The van der Waals surface area contributed by atoms with E-state index in [2.05, 4.69) is 10.1 Å². The Bertz CT molecular complexity index is 1560. The van der Waals surface area contributed by atoms with Gasteiger partial charge in [-0.3, -0.25) is 4.79 Å². The number of piperidine rings is 1. The predicted octanol–water partition coefficient (Wildman–Crippen LogP) is 4.70. The Hall–Kier alpha value is -3.42. The summed E-state index contributed by atoms with van der Waals surface area (Å²) >= 11 is 0. The number of hydrogen-bond donors (Lipinski definition) is 1. The number of alkyl halides is 3. The summed E-state index contributed by atoms with van der Waals surface area (Å²) in [7, 11) is -7.45. The zero-order valence-corrected chi connectivity index (χ0v) is 22.3. The molecule has 1 unspecified atom stereocenters. The Morgan fingerprint density at radius 2 is 1.59 bits per heavy atom. The van der Waals surface area contributed by atoms with Crippen molar-refractivity contribution in [2.24, 2.45) is 5.92 Å². The van der Waals surface area contributed by atoms with Crippen LogP contribution in [0, 0.1) is 5.92 Å². The first kappa shape index (κ1) is 28.6. The molecule has 1 N–H and O–H groups in total. The predicted molar refractivity (Wildman–Crippen MR) is 138 cm³/mol. The average Bonchev–Trinajstić information content (AvgIpc) is 2.88. The Balaban J connectivity index is 1.46. The fraction of sp³-hybridized carbons (Fsp3) is 0.269. The molecule has 0 radical (unpaired) electrons. The number of sulfone groups is 1. The summed E-state index contributed by atoms with van der Waals surface area (Å²) in [5.41, 5.74) is 1.24. The van der Waals surface area contributed by atoms with Crippen LogP contribution < -0.4 is 10.1 Å². The van der Waals surface area contributed by atoms with Crippen molar-refractivity contribution in [3.63, 3.8) is 0 Å². The van der Waals surface area contributed by atoms with Gasteiger partial charge in [-0.15, -0.1) is 13.2 Å². The van der Waals surface area contributed by atoms with E-state index >= 15 is 0 Å². The van der Waals surface area contributed by atoms with Crippen LogP contribution in [0.2, 0.25) is 0 Å². The molecule has 4 rings (SSSR count). The number of nitrogens with one attached hydrogen (secondary N) is 1. The van der Waals surface area contributed by atoms with Gasteiger partial charge in [0.2, 0.25) is 15.9 Å². The molecule has 1 aliphatic rings. The highest BCUT2D eigenvalue weighted by molar-refractivity contribution is 7.90. The van der Waals surface area contributed by atoms with Crippen LogP contribution in [0.5, 0.6) is 5.75 Å². The number of ether oxygens (including phenoxy) is 1. The number of halogens is 3. The molecule has 1 atom stereocenters. The Morgan fingerprint density at radius 1 is 0.949 bits per heavy atom. The first-order valence-electron chi connectivity index (χ1n) is 11.8. The SMILES string of the molecule is CS(=O)(=O)c1ccccc1-c1ccc(S(=O)(=O)N2CCCC(C(=O)Nc3ccc(OC(F)(F)F)cc3)C2)cc1. The van der Waals surface area contributed by atoms with Crippen LogP contribution in [0.1, 0.15) is 12.8 Å². The molecule has 0 bridgehead atoms. The minimum atomic E-state index is -4.83. The van der Waals surface area contributed by atoms with Gasteiger partial charge in [0.05, 0.1) is 15.7 Å². The fourth-order valence-corrected chi connectivity index (χ4v) is 6.78. The Kier molecular flexibility index (Phi) is 8.05. The summed E-state index contributed by atoms with van der Waals surface area (Å²) in [6.07, 6.45) is -2.85. The maximum absolute atomic E-state index is 13.3. The van der Waals surface area contributed by atoms with Gasteiger partial charge in [-0.1, -0.05) is 30.3 Å². The molecule has 208 valence electrons. The second-order valence-corrected chi connectivity index (χ2v) is 13.0. The lowest BCUT2D eigenvalue weighted by Crippen LogP contribution is -2.43. The third kappa shape index (κ3) is 6.97. The summed E-state index contributed by atoms with van der Waals surface area (Å²) in [4.78, 5) is 12.9. The van der Waals surface area contributed by atoms with Gasteiger partial charge < -0.3 is 10.1 Å². The molecule has 1 fully saturated rings. The third-order valence-corrected chi connectivity index (χ3v) is 9.23. The van der Waals surface area contributed by atoms with Crippen molar-refractivity contribution in [2.75, 3.05) is 24.7 Å². The maximum atomic E-state index is 13.3. The number of sulfonamides is 1. The van der Waals surface area contributed by atoms with E-state index < -0.39 is 43.8 Å². The third-order valence-electron chi connectivity index (χ3n) is 6.20. The number of hydrogen-bond acceptors (Lipinski definition) is 6. The number of benzene rings is 3. The largest absolute Gasteiger partial charge is 0.573 e. The smallest absolute Gasteiger partial charge is 0.406 e. The highest BCUT2D eigenvalue weighted by atomic mass is 32.2. The molecule has 0 aliphatic carbocycles. The molecular weight excluding hydrogens is 557 g/mol. The molecule has 0 aromatic heterocycles. The highest BCUT2D eigenvalue weighted by Crippen LogP contribution is 2.30. The van der Waals surface area contributed by atoms with Crippen LogP contribution >= 0.6 is 0 Å². The fourth-order valence-electron chi connectivity index (χ4n) is 4.34. The average molecular weight is 583 g/mol. The molecule has 8 nitrogen and oxygen atoms in total. The van der Waals surface area contributed by atoms with Gasteiger partial charge in [-0.2, -0.15) is 4.31 Å². The van der Waals surface area contributed by atoms with E-state index in [9.17, 15) is 34.8 Å². The zero-order valence-electron chi connectivity index (χ0n) is 20.7. The van der Waals surface area contributed by atoms with Gasteiger partial charge in [-0.25, -0.2) is 16.8 Å². The Morgan fingerprint density at radius 3 is 2.21 bits per heavy atom. The van der Waals surface area contributed by atoms with Crippen molar-refractivity contribution in [3.05, 3.63) is 72.8 Å². The summed E-state index contributed by atoms with van der Waals surface area (Å²) in [5.74, 6) is -1.55. The molecular formula is C26H25F3N2O6S2. The molecule has 1 aliphatic heterocycles. The van der Waals surface area contributed by atoms with Gasteiger partial charge in [0, 0.05) is 30.6 Å². The molecule has 13 heteroatoms. The zero-order chi connectivity index (χ0) is 28.4. The first-order valence-corrected chi connectivity index (χ1v) is 15.1. The van der Waals surface area contributed by atoms with Crippen molar-refractivity contribution < 1.29 is 39.5 Å². The molecule has 39 heavy (non-hydrogen) atoms. The van der Waals surface area contributed by atoms with Crippen molar-refractivity contribution in [1.29, 1.82) is 0 Å². The number of carbonyl (C=O) groups is 1. The molecule has 1 saturated heterocycles. The normalized spacial score (nSPS) is 17.0. The number of carbonyl (C=O) groups excluding carboxylic acids is 1. The molecule has 0 spiro atoms. The second-order valence-electron chi connectivity index (χ2n) is 9.06. The van der Waals surface area contributed by atoms with E-state index in [-0.39, 0.29) is 28.6 Å². The standard InChI is InChI=1S/C26H25F3N2O6S2/c1-38(33,34)24-7-3-2-6-23(24)18-8-14-22(15-9-18)39(35,36)31-16-4-5-19(17-31)25(32)30-20-10-12-21(13-11-20)37-26(27,28)29/h2-3,6-15,19H,4-5,16-17H2,1H3,(H,30,32). The summed E-state index contributed by atoms with van der Waals surface area (Å²) in [6, 6.07) is 17.0.